The maximum Gasteiger partial charge on any atom is 0.269 e. The largest absolute Gasteiger partial charge is 0.351 e. The smallest absolute Gasteiger partial charge is 0.269 e. The maximum atomic E-state index is 13.7. The summed E-state index contributed by atoms with van der Waals surface area (Å²) in [6.07, 6.45) is 7.13. The number of nitrogens with zero attached hydrogens (tertiary/aromatic N) is 5. The molecule has 0 bridgehead atoms. The summed E-state index contributed by atoms with van der Waals surface area (Å²) in [6.45, 7) is 0.391. The second-order valence-electron chi connectivity index (χ2n) is 8.34. The van der Waals surface area contributed by atoms with Gasteiger partial charge in [0.1, 0.15) is 6.04 Å². The molecule has 9 nitrogen and oxygen atoms in total. The van der Waals surface area contributed by atoms with Gasteiger partial charge < -0.3 is 10.2 Å². The van der Waals surface area contributed by atoms with E-state index in [1.165, 1.54) is 18.6 Å². The Balaban J connectivity index is 1.59. The Hall–Kier alpha value is -3.75. The van der Waals surface area contributed by atoms with E-state index in [2.05, 4.69) is 15.6 Å². The number of para-hydroxylation sites is 1. The van der Waals surface area contributed by atoms with Gasteiger partial charge in [-0.2, -0.15) is 0 Å². The maximum absolute atomic E-state index is 13.7. The molecule has 0 radical (unpaired) electrons. The van der Waals surface area contributed by atoms with E-state index in [9.17, 15) is 14.9 Å². The number of nitrogens with one attached hydrogen (secondary N) is 1. The summed E-state index contributed by atoms with van der Waals surface area (Å²) in [6, 6.07) is 13.6. The minimum absolute atomic E-state index is 0.0129. The number of nitro groups is 1. The van der Waals surface area contributed by atoms with E-state index in [-0.39, 0.29) is 17.6 Å². The Morgan fingerprint density at radius 1 is 1.06 bits per heavy atom. The first-order valence-electron chi connectivity index (χ1n) is 10.9. The SMILES string of the molecule is O=C(NC1CCCCC1)C1c2ccccc2-n2nncc2CN1c1ccc([N+](=O)[O-])cc1. The molecule has 9 heteroatoms. The molecule has 1 amide bonds. The van der Waals surface area contributed by atoms with Crippen molar-refractivity contribution in [2.75, 3.05) is 4.90 Å². The Labute approximate surface area is 185 Å². The second-order valence-corrected chi connectivity index (χ2v) is 8.34. The van der Waals surface area contributed by atoms with Gasteiger partial charge in [-0.15, -0.1) is 5.10 Å². The highest BCUT2D eigenvalue weighted by Gasteiger charge is 2.35. The second kappa shape index (κ2) is 8.41. The first-order chi connectivity index (χ1) is 15.6. The van der Waals surface area contributed by atoms with Crippen molar-refractivity contribution in [3.63, 3.8) is 0 Å². The molecule has 164 valence electrons. The Morgan fingerprint density at radius 2 is 1.81 bits per heavy atom. The zero-order valence-electron chi connectivity index (χ0n) is 17.6. The van der Waals surface area contributed by atoms with Crippen molar-refractivity contribution in [3.05, 3.63) is 76.1 Å². The molecule has 1 fully saturated rings. The lowest BCUT2D eigenvalue weighted by atomic mass is 9.94. The van der Waals surface area contributed by atoms with Crippen molar-refractivity contribution in [1.82, 2.24) is 20.3 Å². The predicted octanol–water partition coefficient (Wildman–Crippen LogP) is 3.69. The summed E-state index contributed by atoms with van der Waals surface area (Å²) >= 11 is 0. The number of fused-ring (bicyclic) bond motifs is 3. The van der Waals surface area contributed by atoms with Crippen LogP contribution in [0.1, 0.15) is 49.4 Å². The third-order valence-corrected chi connectivity index (χ3v) is 6.32. The van der Waals surface area contributed by atoms with Gasteiger partial charge in [0, 0.05) is 29.4 Å². The number of carbonyl (C=O) groups is 1. The Kier molecular flexibility index (Phi) is 5.30. The molecule has 1 N–H and O–H groups in total. The number of nitro benzene ring substituents is 1. The van der Waals surface area contributed by atoms with Crippen molar-refractivity contribution in [2.24, 2.45) is 0 Å². The zero-order chi connectivity index (χ0) is 22.1. The molecule has 1 aliphatic carbocycles. The van der Waals surface area contributed by atoms with Crippen LogP contribution in [0, 0.1) is 10.1 Å². The fraction of sp³-hybridized carbons (Fsp3) is 0.348. The number of hydrogen-bond acceptors (Lipinski definition) is 6. The minimum atomic E-state index is -0.601. The van der Waals surface area contributed by atoms with Gasteiger partial charge in [0.15, 0.2) is 0 Å². The Morgan fingerprint density at radius 3 is 2.56 bits per heavy atom. The summed E-state index contributed by atoms with van der Waals surface area (Å²) < 4.78 is 1.77. The van der Waals surface area contributed by atoms with Gasteiger partial charge in [-0.25, -0.2) is 4.68 Å². The third-order valence-electron chi connectivity index (χ3n) is 6.32. The lowest BCUT2D eigenvalue weighted by Crippen LogP contribution is -2.44. The molecule has 1 saturated carbocycles. The first kappa shape index (κ1) is 20.2. The van der Waals surface area contributed by atoms with Crippen molar-refractivity contribution >= 4 is 17.3 Å². The highest BCUT2D eigenvalue weighted by Crippen LogP contribution is 2.36. The summed E-state index contributed by atoms with van der Waals surface area (Å²) in [7, 11) is 0. The van der Waals surface area contributed by atoms with Crippen molar-refractivity contribution in [1.29, 1.82) is 0 Å². The molecule has 1 unspecified atom stereocenters. The van der Waals surface area contributed by atoms with E-state index in [0.717, 1.165) is 48.3 Å². The number of carbonyl (C=O) groups excluding carboxylic acids is 1. The van der Waals surface area contributed by atoms with Crippen LogP contribution in [0.25, 0.3) is 5.69 Å². The molecule has 3 aromatic rings. The average Bonchev–Trinajstić information content (AvgIpc) is 3.22. The number of aromatic nitrogens is 3. The number of benzene rings is 2. The number of rotatable bonds is 4. The van der Waals surface area contributed by atoms with Crippen LogP contribution in [0.4, 0.5) is 11.4 Å². The molecule has 2 aromatic carbocycles. The van der Waals surface area contributed by atoms with E-state index in [1.54, 1.807) is 23.0 Å². The van der Waals surface area contributed by atoms with E-state index in [0.29, 0.717) is 6.54 Å². The van der Waals surface area contributed by atoms with Crippen molar-refractivity contribution in [3.8, 4) is 5.69 Å². The summed E-state index contributed by atoms with van der Waals surface area (Å²) in [5.41, 5.74) is 3.21. The van der Waals surface area contributed by atoms with Crippen LogP contribution >= 0.6 is 0 Å². The predicted molar refractivity (Wildman–Crippen MR) is 118 cm³/mol. The van der Waals surface area contributed by atoms with Gasteiger partial charge in [-0.1, -0.05) is 42.7 Å². The Bertz CT molecular complexity index is 1140. The fourth-order valence-corrected chi connectivity index (χ4v) is 4.73. The molecule has 5 rings (SSSR count). The van der Waals surface area contributed by atoms with Crippen molar-refractivity contribution < 1.29 is 9.72 Å². The van der Waals surface area contributed by atoms with Crippen LogP contribution in [0.2, 0.25) is 0 Å². The summed E-state index contributed by atoms with van der Waals surface area (Å²) in [5, 5.41) is 22.7. The molecule has 1 aromatic heterocycles. The molecule has 0 spiro atoms. The number of amides is 1. The summed E-state index contributed by atoms with van der Waals surface area (Å²) in [4.78, 5) is 26.4. The average molecular weight is 432 g/mol. The molecule has 0 saturated heterocycles. The monoisotopic (exact) mass is 432 g/mol. The number of anilines is 1. The van der Waals surface area contributed by atoms with Crippen LogP contribution in [-0.2, 0) is 11.3 Å². The number of non-ortho nitro benzene ring substituents is 1. The van der Waals surface area contributed by atoms with E-state index in [1.807, 2.05) is 29.2 Å². The molecule has 1 aliphatic heterocycles. The molecular weight excluding hydrogens is 408 g/mol. The molecule has 1 atom stereocenters. The highest BCUT2D eigenvalue weighted by molar-refractivity contribution is 5.88. The van der Waals surface area contributed by atoms with Gasteiger partial charge in [-0.3, -0.25) is 14.9 Å². The van der Waals surface area contributed by atoms with Gasteiger partial charge >= 0.3 is 0 Å². The molecular formula is C23H24N6O3. The first-order valence-corrected chi connectivity index (χ1v) is 10.9. The molecule has 2 heterocycles. The van der Waals surface area contributed by atoms with Crippen molar-refractivity contribution in [2.45, 2.75) is 50.7 Å². The number of hydrogen-bond donors (Lipinski definition) is 1. The lowest BCUT2D eigenvalue weighted by Gasteiger charge is -2.33. The minimum Gasteiger partial charge on any atom is -0.351 e. The molecule has 32 heavy (non-hydrogen) atoms. The van der Waals surface area contributed by atoms with Gasteiger partial charge in [0.2, 0.25) is 5.91 Å². The van der Waals surface area contributed by atoms with Gasteiger partial charge in [0.05, 0.1) is 29.0 Å². The van der Waals surface area contributed by atoms with Crippen LogP contribution in [0.15, 0.2) is 54.7 Å². The summed E-state index contributed by atoms with van der Waals surface area (Å²) in [5.74, 6) is -0.0681. The topological polar surface area (TPSA) is 106 Å². The van der Waals surface area contributed by atoms with Gasteiger partial charge in [0.25, 0.3) is 5.69 Å². The molecule has 2 aliphatic rings. The standard InChI is InChI=1S/C23H24N6O3/c30-23(25-16-6-2-1-3-7-16)22-20-8-4-5-9-21(20)28-19(14-24-26-28)15-27(22)17-10-12-18(13-11-17)29(31)32/h4-5,8-14,16,22H,1-3,6-7,15H2,(H,25,30). The highest BCUT2D eigenvalue weighted by atomic mass is 16.6. The zero-order valence-corrected chi connectivity index (χ0v) is 17.6. The third kappa shape index (κ3) is 3.70. The van der Waals surface area contributed by atoms with E-state index < -0.39 is 11.0 Å². The normalized spacial score (nSPS) is 18.4. The quantitative estimate of drug-likeness (QED) is 0.498. The van der Waals surface area contributed by atoms with Crippen LogP contribution < -0.4 is 10.2 Å². The van der Waals surface area contributed by atoms with Crippen LogP contribution in [0.5, 0.6) is 0 Å². The van der Waals surface area contributed by atoms with Crippen LogP contribution in [-0.4, -0.2) is 31.9 Å². The van der Waals surface area contributed by atoms with Crippen LogP contribution in [0.3, 0.4) is 0 Å². The fourth-order valence-electron chi connectivity index (χ4n) is 4.73. The van der Waals surface area contributed by atoms with Gasteiger partial charge in [-0.05, 0) is 31.0 Å². The van der Waals surface area contributed by atoms with E-state index in [4.69, 9.17) is 0 Å². The van der Waals surface area contributed by atoms with E-state index >= 15 is 0 Å². The lowest BCUT2D eigenvalue weighted by molar-refractivity contribution is -0.384.